The van der Waals surface area contributed by atoms with Crippen LogP contribution in [0, 0.1) is 11.6 Å². The molecule has 11 heteroatoms. The number of rotatable bonds is 7. The minimum Gasteiger partial charge on any atom is -0.465 e. The van der Waals surface area contributed by atoms with E-state index in [0.717, 1.165) is 12.1 Å². The maximum Gasteiger partial charge on any atom is 0.339 e. The third-order valence-corrected chi connectivity index (χ3v) is 5.89. The summed E-state index contributed by atoms with van der Waals surface area (Å²) in [5.74, 6) is -3.22. The number of ether oxygens (including phenoxy) is 1. The molecular weight excluding hydrogens is 420 g/mol. The Kier molecular flexibility index (Phi) is 6.04. The number of aromatic amines is 1. The highest BCUT2D eigenvalue weighted by Gasteiger charge is 2.26. The Morgan fingerprint density at radius 2 is 2.10 bits per heavy atom. The van der Waals surface area contributed by atoms with E-state index >= 15 is 0 Å². The van der Waals surface area contributed by atoms with Gasteiger partial charge in [0.15, 0.2) is 5.82 Å². The Labute approximate surface area is 170 Å². The molecule has 30 heavy (non-hydrogen) atoms. The van der Waals surface area contributed by atoms with Crippen LogP contribution in [0.4, 0.5) is 14.5 Å². The number of carbonyl (C=O) groups excluding carboxylic acids is 1. The molecule has 160 valence electrons. The number of anilines is 1. The monoisotopic (exact) mass is 439 g/mol. The van der Waals surface area contributed by atoms with Gasteiger partial charge in [0.1, 0.15) is 17.6 Å². The summed E-state index contributed by atoms with van der Waals surface area (Å²) in [4.78, 5) is 18.5. The molecule has 0 aliphatic carbocycles. The van der Waals surface area contributed by atoms with Crippen molar-refractivity contribution in [1.82, 2.24) is 9.97 Å². The van der Waals surface area contributed by atoms with Gasteiger partial charge >= 0.3 is 5.97 Å². The first kappa shape index (κ1) is 21.7. The van der Waals surface area contributed by atoms with Crippen LogP contribution in [0.1, 0.15) is 40.9 Å². The van der Waals surface area contributed by atoms with Crippen LogP contribution in [0.2, 0.25) is 0 Å². The third kappa shape index (κ3) is 4.12. The normalized spacial score (nSPS) is 12.7. The maximum atomic E-state index is 15.0. The molecule has 0 radical (unpaired) electrons. The van der Waals surface area contributed by atoms with Crippen LogP contribution < -0.4 is 4.72 Å². The molecule has 2 aromatic heterocycles. The van der Waals surface area contributed by atoms with E-state index in [1.807, 2.05) is 0 Å². The summed E-state index contributed by atoms with van der Waals surface area (Å²) in [7, 11) is -2.64. The van der Waals surface area contributed by atoms with E-state index in [4.69, 9.17) is 0 Å². The average molecular weight is 439 g/mol. The molecule has 8 nitrogen and oxygen atoms in total. The smallest absolute Gasteiger partial charge is 0.339 e. The van der Waals surface area contributed by atoms with Gasteiger partial charge in [-0.1, -0.05) is 6.92 Å². The molecule has 3 rings (SSSR count). The Bertz CT molecular complexity index is 1210. The number of benzene rings is 1. The number of H-pyrrole nitrogens is 1. The molecule has 0 amide bonds. The molecule has 3 N–H and O–H groups in total. The minimum absolute atomic E-state index is 0.0506. The molecular formula is C19H19F2N3O5S. The Hall–Kier alpha value is -3.05. The molecule has 1 atom stereocenters. The summed E-state index contributed by atoms with van der Waals surface area (Å²) in [6.45, 7) is 1.64. The highest BCUT2D eigenvalue weighted by Crippen LogP contribution is 2.34. The van der Waals surface area contributed by atoms with E-state index in [1.165, 1.54) is 25.6 Å². The van der Waals surface area contributed by atoms with Crippen LogP contribution in [0.15, 0.2) is 30.6 Å². The summed E-state index contributed by atoms with van der Waals surface area (Å²) < 4.78 is 60.0. The zero-order valence-electron chi connectivity index (χ0n) is 16.1. The number of hydrogen-bond acceptors (Lipinski definition) is 6. The zero-order chi connectivity index (χ0) is 22.1. The summed E-state index contributed by atoms with van der Waals surface area (Å²) in [5, 5.41) is 11.0. The van der Waals surface area contributed by atoms with Crippen LogP contribution in [-0.4, -0.2) is 42.3 Å². The lowest BCUT2D eigenvalue weighted by molar-refractivity contribution is 0.0600. The number of nitrogens with one attached hydrogen (secondary N) is 2. The molecule has 0 fully saturated rings. The van der Waals surface area contributed by atoms with Gasteiger partial charge in [0, 0.05) is 23.3 Å². The van der Waals surface area contributed by atoms with E-state index in [-0.39, 0.29) is 27.9 Å². The lowest BCUT2D eigenvalue weighted by Crippen LogP contribution is -2.18. The van der Waals surface area contributed by atoms with Crippen molar-refractivity contribution in [2.75, 3.05) is 17.6 Å². The topological polar surface area (TPSA) is 121 Å². The molecule has 3 aromatic rings. The van der Waals surface area contributed by atoms with Crippen molar-refractivity contribution in [1.29, 1.82) is 0 Å². The molecule has 0 saturated carbocycles. The van der Waals surface area contributed by atoms with Gasteiger partial charge in [0.25, 0.3) is 0 Å². The molecule has 0 aliphatic rings. The van der Waals surface area contributed by atoms with Gasteiger partial charge in [-0.2, -0.15) is 0 Å². The summed E-state index contributed by atoms with van der Waals surface area (Å²) in [6, 6.07) is 3.17. The molecule has 0 aliphatic heterocycles. The van der Waals surface area contributed by atoms with Crippen LogP contribution in [0.3, 0.4) is 0 Å². The lowest BCUT2D eigenvalue weighted by Gasteiger charge is -2.16. The Morgan fingerprint density at radius 1 is 1.37 bits per heavy atom. The number of aliphatic hydroxyl groups is 1. The number of nitrogens with zero attached hydrogens (tertiary/aromatic N) is 1. The fraction of sp³-hybridized carbons (Fsp3) is 0.263. The van der Waals surface area contributed by atoms with Crippen molar-refractivity contribution in [3.8, 4) is 0 Å². The largest absolute Gasteiger partial charge is 0.465 e. The van der Waals surface area contributed by atoms with Crippen molar-refractivity contribution in [2.24, 2.45) is 0 Å². The van der Waals surface area contributed by atoms with Crippen molar-refractivity contribution in [2.45, 2.75) is 19.4 Å². The molecule has 1 aromatic carbocycles. The SMILES string of the molecule is CCCS(=O)(=O)Nc1ccc(F)c(C(O)c2c[nH]c3ncc(C(=O)OC)cc23)c1F. The number of aromatic nitrogens is 2. The number of aliphatic hydroxyl groups excluding tert-OH is 1. The van der Waals surface area contributed by atoms with E-state index < -0.39 is 45.0 Å². The quantitative estimate of drug-likeness (QED) is 0.487. The van der Waals surface area contributed by atoms with E-state index in [2.05, 4.69) is 19.4 Å². The molecule has 0 bridgehead atoms. The number of hydrogen-bond donors (Lipinski definition) is 3. The first-order chi connectivity index (χ1) is 14.2. The van der Waals surface area contributed by atoms with Gasteiger partial charge < -0.3 is 14.8 Å². The second-order valence-electron chi connectivity index (χ2n) is 6.50. The Balaban J connectivity index is 2.08. The number of halogens is 2. The zero-order valence-corrected chi connectivity index (χ0v) is 16.9. The standard InChI is InChI=1S/C19H19F2N3O5S/c1-3-6-30(27,28)24-14-5-4-13(20)15(16(14)21)17(25)12-9-23-18-11(12)7-10(8-22-18)19(26)29-2/h4-5,7-9,17,24-25H,3,6H2,1-2H3,(H,22,23). The van der Waals surface area contributed by atoms with Crippen LogP contribution >= 0.6 is 0 Å². The number of carbonyl (C=O) groups is 1. The van der Waals surface area contributed by atoms with Gasteiger partial charge in [-0.15, -0.1) is 0 Å². The number of methoxy groups -OCH3 is 1. The highest BCUT2D eigenvalue weighted by molar-refractivity contribution is 7.92. The van der Waals surface area contributed by atoms with Crippen molar-refractivity contribution < 1.29 is 31.8 Å². The second-order valence-corrected chi connectivity index (χ2v) is 8.34. The van der Waals surface area contributed by atoms with Crippen molar-refractivity contribution in [3.05, 3.63) is 58.9 Å². The molecule has 0 spiro atoms. The predicted molar refractivity (Wildman–Crippen MR) is 106 cm³/mol. The number of esters is 1. The lowest BCUT2D eigenvalue weighted by atomic mass is 9.99. The first-order valence-electron chi connectivity index (χ1n) is 8.90. The molecule has 0 saturated heterocycles. The third-order valence-electron chi connectivity index (χ3n) is 4.42. The Morgan fingerprint density at radius 3 is 2.77 bits per heavy atom. The maximum absolute atomic E-state index is 15.0. The summed E-state index contributed by atoms with van der Waals surface area (Å²) in [6.07, 6.45) is 1.06. The summed E-state index contributed by atoms with van der Waals surface area (Å²) in [5.41, 5.74) is -0.810. The van der Waals surface area contributed by atoms with E-state index in [1.54, 1.807) is 6.92 Å². The second kappa shape index (κ2) is 8.36. The number of fused-ring (bicyclic) bond motifs is 1. The molecule has 1 unspecified atom stereocenters. The fourth-order valence-corrected chi connectivity index (χ4v) is 4.15. The van der Waals surface area contributed by atoms with Gasteiger partial charge in [0.2, 0.25) is 10.0 Å². The van der Waals surface area contributed by atoms with Gasteiger partial charge in [-0.25, -0.2) is 27.0 Å². The van der Waals surface area contributed by atoms with Crippen LogP contribution in [0.25, 0.3) is 11.0 Å². The van der Waals surface area contributed by atoms with Gasteiger partial charge in [-0.3, -0.25) is 4.72 Å². The van der Waals surface area contributed by atoms with Gasteiger partial charge in [0.05, 0.1) is 29.7 Å². The highest BCUT2D eigenvalue weighted by atomic mass is 32.2. The van der Waals surface area contributed by atoms with Crippen molar-refractivity contribution >= 4 is 32.7 Å². The number of pyridine rings is 1. The number of sulfonamides is 1. The van der Waals surface area contributed by atoms with Gasteiger partial charge in [-0.05, 0) is 24.6 Å². The van der Waals surface area contributed by atoms with E-state index in [9.17, 15) is 27.1 Å². The average Bonchev–Trinajstić information content (AvgIpc) is 3.12. The minimum atomic E-state index is -3.83. The predicted octanol–water partition coefficient (Wildman–Crippen LogP) is 2.86. The first-order valence-corrected chi connectivity index (χ1v) is 10.6. The fourth-order valence-electron chi connectivity index (χ4n) is 3.02. The molecule has 2 heterocycles. The van der Waals surface area contributed by atoms with Crippen LogP contribution in [-0.2, 0) is 14.8 Å². The van der Waals surface area contributed by atoms with Crippen molar-refractivity contribution in [3.63, 3.8) is 0 Å². The summed E-state index contributed by atoms with van der Waals surface area (Å²) >= 11 is 0. The van der Waals surface area contributed by atoms with E-state index in [0.29, 0.717) is 6.42 Å². The van der Waals surface area contributed by atoms with Crippen LogP contribution in [0.5, 0.6) is 0 Å².